The number of aliphatic hydroxyl groups is 1. The minimum atomic E-state index is -3.62. The van der Waals surface area contributed by atoms with Gasteiger partial charge in [0, 0.05) is 19.0 Å². The molecule has 0 heterocycles. The number of benzene rings is 2. The Labute approximate surface area is 154 Å². The average molecular weight is 376 g/mol. The van der Waals surface area contributed by atoms with Crippen molar-refractivity contribution in [2.45, 2.75) is 30.7 Å². The molecule has 1 amide bonds. The van der Waals surface area contributed by atoms with Crippen LogP contribution >= 0.6 is 0 Å². The second kappa shape index (κ2) is 9.47. The zero-order chi connectivity index (χ0) is 19.0. The summed E-state index contributed by atoms with van der Waals surface area (Å²) in [6.45, 7) is 1.94. The third-order valence-electron chi connectivity index (χ3n) is 3.94. The number of aryl methyl sites for hydroxylation is 1. The van der Waals surface area contributed by atoms with Crippen molar-refractivity contribution < 1.29 is 18.3 Å². The molecule has 140 valence electrons. The van der Waals surface area contributed by atoms with E-state index in [1.807, 2.05) is 30.3 Å². The fourth-order valence-corrected chi connectivity index (χ4v) is 3.72. The lowest BCUT2D eigenvalue weighted by Crippen LogP contribution is -2.27. The topological polar surface area (TPSA) is 95.5 Å². The number of hydrogen-bond acceptors (Lipinski definition) is 4. The van der Waals surface area contributed by atoms with E-state index in [2.05, 4.69) is 10.0 Å². The van der Waals surface area contributed by atoms with E-state index in [4.69, 9.17) is 5.11 Å². The molecule has 0 aromatic heterocycles. The summed E-state index contributed by atoms with van der Waals surface area (Å²) in [4.78, 5) is 11.7. The number of carbonyl (C=O) groups is 1. The number of rotatable bonds is 9. The molecule has 0 fully saturated rings. The van der Waals surface area contributed by atoms with E-state index in [1.54, 1.807) is 31.2 Å². The molecule has 26 heavy (non-hydrogen) atoms. The van der Waals surface area contributed by atoms with Crippen LogP contribution in [0.15, 0.2) is 59.5 Å². The molecule has 2 rings (SSSR count). The number of amides is 1. The molecule has 0 bridgehead atoms. The highest BCUT2D eigenvalue weighted by Gasteiger charge is 2.18. The van der Waals surface area contributed by atoms with E-state index < -0.39 is 10.0 Å². The molecule has 2 aromatic carbocycles. The van der Waals surface area contributed by atoms with Crippen LogP contribution in [-0.2, 0) is 21.2 Å². The summed E-state index contributed by atoms with van der Waals surface area (Å²) in [7, 11) is -3.62. The van der Waals surface area contributed by atoms with E-state index in [0.29, 0.717) is 6.42 Å². The monoisotopic (exact) mass is 376 g/mol. The predicted octanol–water partition coefficient (Wildman–Crippen LogP) is 1.77. The van der Waals surface area contributed by atoms with Crippen LogP contribution in [-0.4, -0.2) is 32.6 Å². The van der Waals surface area contributed by atoms with Gasteiger partial charge in [-0.15, -0.1) is 0 Å². The molecule has 0 radical (unpaired) electrons. The van der Waals surface area contributed by atoms with Gasteiger partial charge in [0.25, 0.3) is 0 Å². The maximum absolute atomic E-state index is 12.5. The lowest BCUT2D eigenvalue weighted by molar-refractivity contribution is -0.121. The highest BCUT2D eigenvalue weighted by atomic mass is 32.2. The molecule has 6 nitrogen and oxygen atoms in total. The second-order valence-corrected chi connectivity index (χ2v) is 7.69. The Kier molecular flexibility index (Phi) is 7.32. The van der Waals surface area contributed by atoms with E-state index in [9.17, 15) is 13.2 Å². The summed E-state index contributed by atoms with van der Waals surface area (Å²) in [5.74, 6) is -0.144. The summed E-state index contributed by atoms with van der Waals surface area (Å²) in [5, 5.41) is 11.2. The Hall–Kier alpha value is -2.22. The van der Waals surface area contributed by atoms with Gasteiger partial charge in [-0.2, -0.15) is 0 Å². The van der Waals surface area contributed by atoms with E-state index in [-0.39, 0.29) is 36.4 Å². The van der Waals surface area contributed by atoms with Crippen molar-refractivity contribution in [3.8, 4) is 0 Å². The van der Waals surface area contributed by atoms with Gasteiger partial charge >= 0.3 is 0 Å². The Morgan fingerprint density at radius 2 is 1.73 bits per heavy atom. The van der Waals surface area contributed by atoms with Gasteiger partial charge in [-0.05, 0) is 36.6 Å². The van der Waals surface area contributed by atoms with Crippen molar-refractivity contribution >= 4 is 15.9 Å². The van der Waals surface area contributed by atoms with E-state index in [1.165, 1.54) is 0 Å². The van der Waals surface area contributed by atoms with Gasteiger partial charge in [-0.3, -0.25) is 4.79 Å². The van der Waals surface area contributed by atoms with Crippen LogP contribution in [0, 0.1) is 0 Å². The zero-order valence-electron chi connectivity index (χ0n) is 14.7. The molecule has 0 saturated heterocycles. The third kappa shape index (κ3) is 5.94. The Bertz CT molecular complexity index is 805. The third-order valence-corrected chi connectivity index (χ3v) is 5.50. The molecule has 0 aliphatic rings. The SMILES string of the molecule is C[C@@H](NS(=O)(=O)c1ccc(CCC(=O)NCCO)cc1)c1ccccc1. The average Bonchev–Trinajstić information content (AvgIpc) is 2.65. The standard InChI is InChI=1S/C19H24N2O4S/c1-15(17-5-3-2-4-6-17)21-26(24,25)18-10-7-16(8-11-18)9-12-19(23)20-13-14-22/h2-8,10-11,15,21-22H,9,12-14H2,1H3,(H,20,23)/t15-/m1/s1. The number of nitrogens with one attached hydrogen (secondary N) is 2. The minimum absolute atomic E-state index is 0.0906. The molecule has 0 aliphatic heterocycles. The lowest BCUT2D eigenvalue weighted by Gasteiger charge is -2.15. The van der Waals surface area contributed by atoms with Crippen LogP contribution < -0.4 is 10.0 Å². The number of sulfonamides is 1. The Morgan fingerprint density at radius 1 is 1.08 bits per heavy atom. The van der Waals surface area contributed by atoms with Gasteiger partial charge in [0.2, 0.25) is 15.9 Å². The Balaban J connectivity index is 1.97. The maximum Gasteiger partial charge on any atom is 0.241 e. The van der Waals surface area contributed by atoms with Crippen LogP contribution in [0.1, 0.15) is 30.5 Å². The Morgan fingerprint density at radius 3 is 2.35 bits per heavy atom. The highest BCUT2D eigenvalue weighted by Crippen LogP contribution is 2.17. The summed E-state index contributed by atoms with van der Waals surface area (Å²) < 4.78 is 27.7. The maximum atomic E-state index is 12.5. The molecule has 3 N–H and O–H groups in total. The molecule has 7 heteroatoms. The van der Waals surface area contributed by atoms with Crippen LogP contribution in [0.3, 0.4) is 0 Å². The van der Waals surface area contributed by atoms with E-state index >= 15 is 0 Å². The van der Waals surface area contributed by atoms with Crippen LogP contribution in [0.25, 0.3) is 0 Å². The number of carbonyl (C=O) groups excluding carboxylic acids is 1. The number of aliphatic hydroxyl groups excluding tert-OH is 1. The van der Waals surface area contributed by atoms with Crippen LogP contribution in [0.5, 0.6) is 0 Å². The van der Waals surface area contributed by atoms with E-state index in [0.717, 1.165) is 11.1 Å². The van der Waals surface area contributed by atoms with Gasteiger partial charge in [-0.1, -0.05) is 42.5 Å². The summed E-state index contributed by atoms with van der Waals surface area (Å²) >= 11 is 0. The first-order valence-electron chi connectivity index (χ1n) is 8.46. The first kappa shape index (κ1) is 20.1. The van der Waals surface area contributed by atoms with Crippen LogP contribution in [0.2, 0.25) is 0 Å². The molecule has 2 aromatic rings. The van der Waals surface area contributed by atoms with Crippen molar-refractivity contribution in [3.63, 3.8) is 0 Å². The normalized spacial score (nSPS) is 12.5. The van der Waals surface area contributed by atoms with Crippen molar-refractivity contribution in [2.75, 3.05) is 13.2 Å². The summed E-state index contributed by atoms with van der Waals surface area (Å²) in [5.41, 5.74) is 1.76. The molecular weight excluding hydrogens is 352 g/mol. The molecule has 0 unspecified atom stereocenters. The molecule has 0 spiro atoms. The molecular formula is C19H24N2O4S. The smallest absolute Gasteiger partial charge is 0.241 e. The largest absolute Gasteiger partial charge is 0.395 e. The second-order valence-electron chi connectivity index (χ2n) is 5.97. The highest BCUT2D eigenvalue weighted by molar-refractivity contribution is 7.89. The summed E-state index contributed by atoms with van der Waals surface area (Å²) in [6, 6.07) is 15.5. The fraction of sp³-hybridized carbons (Fsp3) is 0.316. The quantitative estimate of drug-likeness (QED) is 0.621. The van der Waals surface area contributed by atoms with Gasteiger partial charge in [-0.25, -0.2) is 13.1 Å². The lowest BCUT2D eigenvalue weighted by atomic mass is 10.1. The minimum Gasteiger partial charge on any atom is -0.395 e. The summed E-state index contributed by atoms with van der Waals surface area (Å²) in [6.07, 6.45) is 0.792. The van der Waals surface area contributed by atoms with Crippen molar-refractivity contribution in [1.82, 2.24) is 10.0 Å². The first-order valence-corrected chi connectivity index (χ1v) is 9.94. The van der Waals surface area contributed by atoms with Crippen molar-refractivity contribution in [1.29, 1.82) is 0 Å². The molecule has 0 aliphatic carbocycles. The van der Waals surface area contributed by atoms with Gasteiger partial charge < -0.3 is 10.4 Å². The first-order chi connectivity index (χ1) is 12.4. The predicted molar refractivity (Wildman–Crippen MR) is 100 cm³/mol. The molecule has 0 saturated carbocycles. The van der Waals surface area contributed by atoms with Crippen molar-refractivity contribution in [3.05, 3.63) is 65.7 Å². The zero-order valence-corrected chi connectivity index (χ0v) is 15.5. The van der Waals surface area contributed by atoms with Crippen LogP contribution in [0.4, 0.5) is 0 Å². The number of hydrogen-bond donors (Lipinski definition) is 3. The van der Waals surface area contributed by atoms with Gasteiger partial charge in [0.05, 0.1) is 11.5 Å². The molecule has 1 atom stereocenters. The fourth-order valence-electron chi connectivity index (χ4n) is 2.49. The van der Waals surface area contributed by atoms with Gasteiger partial charge in [0.1, 0.15) is 0 Å². The van der Waals surface area contributed by atoms with Gasteiger partial charge in [0.15, 0.2) is 0 Å². The van der Waals surface area contributed by atoms with Crippen molar-refractivity contribution in [2.24, 2.45) is 0 Å².